The molecule has 1 amide bonds. The van der Waals surface area contributed by atoms with E-state index in [9.17, 15) is 4.79 Å². The number of nitrogens with zero attached hydrogens (tertiary/aromatic N) is 1. The van der Waals surface area contributed by atoms with Gasteiger partial charge in [0, 0.05) is 18.0 Å². The molecule has 2 rings (SSSR count). The van der Waals surface area contributed by atoms with Gasteiger partial charge in [0.1, 0.15) is 5.38 Å². The van der Waals surface area contributed by atoms with Crippen LogP contribution in [0.4, 0.5) is 0 Å². The van der Waals surface area contributed by atoms with Gasteiger partial charge in [0.05, 0.1) is 3.79 Å². The van der Waals surface area contributed by atoms with Crippen molar-refractivity contribution in [2.24, 2.45) is 0 Å². The number of carbonyl (C=O) groups excluding carboxylic acids is 1. The Labute approximate surface area is 113 Å². The van der Waals surface area contributed by atoms with E-state index in [4.69, 9.17) is 11.6 Å². The van der Waals surface area contributed by atoms with Crippen LogP contribution in [0.15, 0.2) is 15.9 Å². The Morgan fingerprint density at radius 1 is 1.38 bits per heavy atom. The Kier molecular flexibility index (Phi) is 4.27. The predicted octanol–water partition coefficient (Wildman–Crippen LogP) is 3.80. The molecule has 0 bridgehead atoms. The second-order valence-electron chi connectivity index (χ2n) is 3.89. The maximum Gasteiger partial charge on any atom is 0.246 e. The van der Waals surface area contributed by atoms with Gasteiger partial charge in [-0.05, 0) is 47.3 Å². The Morgan fingerprint density at radius 2 is 2.06 bits per heavy atom. The Bertz CT molecular complexity index is 376. The Hall–Kier alpha value is -0.0600. The van der Waals surface area contributed by atoms with Crippen LogP contribution in [-0.2, 0) is 4.79 Å². The topological polar surface area (TPSA) is 20.3 Å². The van der Waals surface area contributed by atoms with Gasteiger partial charge in [-0.2, -0.15) is 0 Å². The molecular formula is C11H13BrClNOS. The lowest BCUT2D eigenvalue weighted by atomic mass is 10.1. The molecule has 88 valence electrons. The molecule has 1 atom stereocenters. The first-order valence-corrected chi connectivity index (χ1v) is 7.41. The van der Waals surface area contributed by atoms with Gasteiger partial charge < -0.3 is 4.90 Å². The van der Waals surface area contributed by atoms with E-state index in [1.54, 1.807) is 0 Å². The predicted molar refractivity (Wildman–Crippen MR) is 71.0 cm³/mol. The summed E-state index contributed by atoms with van der Waals surface area (Å²) in [5.74, 6) is 0.0516. The van der Waals surface area contributed by atoms with E-state index in [0.29, 0.717) is 0 Å². The number of alkyl halides is 1. The average molecular weight is 323 g/mol. The molecular weight excluding hydrogens is 310 g/mol. The van der Waals surface area contributed by atoms with Crippen molar-refractivity contribution in [3.63, 3.8) is 0 Å². The summed E-state index contributed by atoms with van der Waals surface area (Å²) < 4.78 is 1.01. The van der Waals surface area contributed by atoms with E-state index in [-0.39, 0.29) is 5.91 Å². The van der Waals surface area contributed by atoms with Gasteiger partial charge in [0.15, 0.2) is 0 Å². The molecule has 0 radical (unpaired) electrons. The van der Waals surface area contributed by atoms with Crippen molar-refractivity contribution in [1.29, 1.82) is 0 Å². The van der Waals surface area contributed by atoms with Crippen LogP contribution in [0.5, 0.6) is 0 Å². The normalized spacial score (nSPS) is 18.5. The van der Waals surface area contributed by atoms with Crippen LogP contribution in [0, 0.1) is 0 Å². The fraction of sp³-hybridized carbons (Fsp3) is 0.545. The number of amides is 1. The Balaban J connectivity index is 2.03. The zero-order valence-corrected chi connectivity index (χ0v) is 11.9. The molecule has 0 aliphatic carbocycles. The van der Waals surface area contributed by atoms with Crippen LogP contribution < -0.4 is 0 Å². The van der Waals surface area contributed by atoms with Crippen molar-refractivity contribution < 1.29 is 4.79 Å². The smallest absolute Gasteiger partial charge is 0.246 e. The van der Waals surface area contributed by atoms with E-state index < -0.39 is 5.38 Å². The van der Waals surface area contributed by atoms with Crippen LogP contribution in [0.3, 0.4) is 0 Å². The molecule has 1 aromatic heterocycles. The first-order chi connectivity index (χ1) is 7.68. The average Bonchev–Trinajstić information content (AvgIpc) is 2.75. The number of halogens is 2. The molecule has 0 N–H and O–H groups in total. The van der Waals surface area contributed by atoms with E-state index >= 15 is 0 Å². The first kappa shape index (κ1) is 12.4. The molecule has 5 heteroatoms. The first-order valence-electron chi connectivity index (χ1n) is 5.36. The molecule has 16 heavy (non-hydrogen) atoms. The summed E-state index contributed by atoms with van der Waals surface area (Å²) in [5, 5.41) is -0.519. The van der Waals surface area contributed by atoms with Crippen LogP contribution in [0.2, 0.25) is 0 Å². The van der Waals surface area contributed by atoms with Crippen molar-refractivity contribution in [2.45, 2.75) is 24.6 Å². The molecule has 1 aliphatic rings. The summed E-state index contributed by atoms with van der Waals surface area (Å²) in [6, 6.07) is 3.84. The molecule has 0 aromatic carbocycles. The third-order valence-corrected chi connectivity index (χ3v) is 4.97. The van der Waals surface area contributed by atoms with Crippen LogP contribution in [0.25, 0.3) is 0 Å². The maximum atomic E-state index is 12.1. The highest BCUT2D eigenvalue weighted by Crippen LogP contribution is 2.32. The monoisotopic (exact) mass is 321 g/mol. The molecule has 1 unspecified atom stereocenters. The van der Waals surface area contributed by atoms with E-state index in [0.717, 1.165) is 34.6 Å². The molecule has 1 saturated heterocycles. The molecule has 2 nitrogen and oxygen atoms in total. The molecule has 2 heterocycles. The number of thiophene rings is 1. The van der Waals surface area contributed by atoms with Gasteiger partial charge in [-0.1, -0.05) is 0 Å². The Morgan fingerprint density at radius 3 is 2.62 bits per heavy atom. The SMILES string of the molecule is O=C(C(Cl)c1ccc(Br)s1)N1CCCCC1. The fourth-order valence-electron chi connectivity index (χ4n) is 1.86. The second-order valence-corrected chi connectivity index (χ2v) is 6.82. The minimum absolute atomic E-state index is 0.0516. The summed E-state index contributed by atoms with van der Waals surface area (Å²) in [6.45, 7) is 1.71. The van der Waals surface area contributed by atoms with Gasteiger partial charge in [-0.3, -0.25) is 4.79 Å². The molecule has 1 fully saturated rings. The molecule has 0 spiro atoms. The lowest BCUT2D eigenvalue weighted by Crippen LogP contribution is -2.37. The van der Waals surface area contributed by atoms with Crippen LogP contribution in [-0.4, -0.2) is 23.9 Å². The lowest BCUT2D eigenvalue weighted by Gasteiger charge is -2.28. The number of likely N-dealkylation sites (tertiary alicyclic amines) is 1. The lowest BCUT2D eigenvalue weighted by molar-refractivity contribution is -0.131. The minimum atomic E-state index is -0.519. The molecule has 0 saturated carbocycles. The number of piperidine rings is 1. The fourth-order valence-corrected chi connectivity index (χ4v) is 3.60. The zero-order valence-electron chi connectivity index (χ0n) is 8.79. The third kappa shape index (κ3) is 2.79. The summed E-state index contributed by atoms with van der Waals surface area (Å²) in [4.78, 5) is 14.9. The minimum Gasteiger partial charge on any atom is -0.341 e. The number of carbonyl (C=O) groups is 1. The van der Waals surface area contributed by atoms with Crippen LogP contribution >= 0.6 is 38.9 Å². The standard InChI is InChI=1S/C11H13BrClNOS/c12-9-5-4-8(16-9)10(13)11(15)14-6-2-1-3-7-14/h4-5,10H,1-3,6-7H2. The van der Waals surface area contributed by atoms with E-state index in [2.05, 4.69) is 15.9 Å². The highest BCUT2D eigenvalue weighted by atomic mass is 79.9. The summed E-state index contributed by atoms with van der Waals surface area (Å²) in [6.07, 6.45) is 3.42. The largest absolute Gasteiger partial charge is 0.341 e. The highest BCUT2D eigenvalue weighted by Gasteiger charge is 2.25. The van der Waals surface area contributed by atoms with Gasteiger partial charge in [-0.25, -0.2) is 0 Å². The van der Waals surface area contributed by atoms with Gasteiger partial charge in [0.25, 0.3) is 0 Å². The number of rotatable bonds is 2. The van der Waals surface area contributed by atoms with Crippen molar-refractivity contribution >= 4 is 44.8 Å². The van der Waals surface area contributed by atoms with E-state index in [1.807, 2.05) is 17.0 Å². The van der Waals surface area contributed by atoms with Gasteiger partial charge in [-0.15, -0.1) is 22.9 Å². The van der Waals surface area contributed by atoms with Crippen molar-refractivity contribution in [3.05, 3.63) is 20.8 Å². The quantitative estimate of drug-likeness (QED) is 0.758. The maximum absolute atomic E-state index is 12.1. The third-order valence-electron chi connectivity index (χ3n) is 2.73. The molecule has 1 aliphatic heterocycles. The molecule has 1 aromatic rings. The number of hydrogen-bond donors (Lipinski definition) is 0. The summed E-state index contributed by atoms with van der Waals surface area (Å²) in [7, 11) is 0. The summed E-state index contributed by atoms with van der Waals surface area (Å²) >= 11 is 11.1. The highest BCUT2D eigenvalue weighted by molar-refractivity contribution is 9.11. The van der Waals surface area contributed by atoms with Crippen molar-refractivity contribution in [2.75, 3.05) is 13.1 Å². The second kappa shape index (κ2) is 5.52. The van der Waals surface area contributed by atoms with Gasteiger partial charge >= 0.3 is 0 Å². The van der Waals surface area contributed by atoms with Crippen LogP contribution in [0.1, 0.15) is 29.5 Å². The van der Waals surface area contributed by atoms with Crippen molar-refractivity contribution in [3.8, 4) is 0 Å². The summed E-state index contributed by atoms with van der Waals surface area (Å²) in [5.41, 5.74) is 0. The zero-order chi connectivity index (χ0) is 11.5. The van der Waals surface area contributed by atoms with Crippen molar-refractivity contribution in [1.82, 2.24) is 4.90 Å². The van der Waals surface area contributed by atoms with E-state index in [1.165, 1.54) is 17.8 Å². The van der Waals surface area contributed by atoms with Gasteiger partial charge in [0.2, 0.25) is 5.91 Å². The number of hydrogen-bond acceptors (Lipinski definition) is 2.